The van der Waals surface area contributed by atoms with Crippen LogP contribution < -0.4 is 10.4 Å². The molecular weight excluding hydrogens is 665 g/mol. The van der Waals surface area contributed by atoms with Gasteiger partial charge >= 0.3 is 0 Å². The van der Waals surface area contributed by atoms with E-state index in [1.54, 1.807) is 0 Å². The normalized spacial score (nSPS) is 19.7. The Bertz CT molecular complexity index is 2640. The Morgan fingerprint density at radius 1 is 0.709 bits per heavy atom. The molecule has 2 unspecified atom stereocenters. The molecule has 0 radical (unpaired) electrons. The van der Waals surface area contributed by atoms with Crippen LogP contribution in [0, 0.1) is 11.8 Å². The monoisotopic (exact) mass is 710 g/mol. The Morgan fingerprint density at radius 3 is 2.24 bits per heavy atom. The van der Waals surface area contributed by atoms with Crippen molar-refractivity contribution in [2.45, 2.75) is 25.7 Å². The number of nitrogens with zero attached hydrogens (tertiary/aromatic N) is 2. The highest BCUT2D eigenvalue weighted by atomic mass is 15.1. The molecule has 1 heterocycles. The Labute approximate surface area is 325 Å². The number of benzene rings is 5. The van der Waals surface area contributed by atoms with Gasteiger partial charge in [-0.15, -0.1) is 13.2 Å². The fourth-order valence-corrected chi connectivity index (χ4v) is 8.01. The summed E-state index contributed by atoms with van der Waals surface area (Å²) >= 11 is 0. The van der Waals surface area contributed by atoms with Crippen LogP contribution in [0.15, 0.2) is 207 Å². The Hall–Kier alpha value is -6.51. The fraction of sp³-hybridized carbons (Fsp3) is 0.113. The Morgan fingerprint density at radius 2 is 1.44 bits per heavy atom. The van der Waals surface area contributed by atoms with Gasteiger partial charge in [0.25, 0.3) is 0 Å². The van der Waals surface area contributed by atoms with E-state index in [1.165, 1.54) is 43.8 Å². The van der Waals surface area contributed by atoms with Crippen LogP contribution in [0.25, 0.3) is 50.4 Å². The van der Waals surface area contributed by atoms with E-state index in [2.05, 4.69) is 188 Å². The average molecular weight is 711 g/mol. The quantitative estimate of drug-likeness (QED) is 0.129. The summed E-state index contributed by atoms with van der Waals surface area (Å²) in [6.45, 7) is 13.0. The first kappa shape index (κ1) is 35.5. The lowest BCUT2D eigenvalue weighted by Gasteiger charge is -2.25. The SMILES string of the molecule is C=CCCc1cc(-c2nc3ccccc3n2-c2ccccc2)ccc1-c1ccc2/c(c1)=C(c1ccccc1)\C=C\CC\C=C/C=2C(=C)C1C=CC=CC1C=C. The topological polar surface area (TPSA) is 17.8 Å². The van der Waals surface area contributed by atoms with E-state index < -0.39 is 0 Å². The summed E-state index contributed by atoms with van der Waals surface area (Å²) in [7, 11) is 0. The summed E-state index contributed by atoms with van der Waals surface area (Å²) in [5, 5.41) is 2.37. The minimum Gasteiger partial charge on any atom is -0.292 e. The molecule has 0 bridgehead atoms. The summed E-state index contributed by atoms with van der Waals surface area (Å²) in [6.07, 6.45) is 25.7. The smallest absolute Gasteiger partial charge is 0.145 e. The van der Waals surface area contributed by atoms with Gasteiger partial charge in [-0.3, -0.25) is 4.57 Å². The maximum atomic E-state index is 5.19. The van der Waals surface area contributed by atoms with Crippen LogP contribution in [0.2, 0.25) is 0 Å². The van der Waals surface area contributed by atoms with E-state index in [0.717, 1.165) is 59.4 Å². The molecule has 6 aromatic rings. The van der Waals surface area contributed by atoms with Crippen LogP contribution in [0.3, 0.4) is 0 Å². The minimum absolute atomic E-state index is 0.131. The zero-order chi connectivity index (χ0) is 37.6. The van der Waals surface area contributed by atoms with Gasteiger partial charge < -0.3 is 0 Å². The minimum atomic E-state index is 0.131. The lowest BCUT2D eigenvalue weighted by molar-refractivity contribution is 0.650. The summed E-state index contributed by atoms with van der Waals surface area (Å²) in [5.41, 5.74) is 12.6. The van der Waals surface area contributed by atoms with E-state index in [0.29, 0.717) is 0 Å². The van der Waals surface area contributed by atoms with Crippen molar-refractivity contribution in [1.29, 1.82) is 0 Å². The zero-order valence-electron chi connectivity index (χ0n) is 31.3. The second-order valence-corrected chi connectivity index (χ2v) is 14.3. The highest BCUT2D eigenvalue weighted by Gasteiger charge is 2.22. The number of aryl methyl sites for hydroxylation is 1. The second kappa shape index (κ2) is 16.2. The molecule has 0 spiro atoms. The molecule has 2 nitrogen and oxygen atoms in total. The molecule has 2 heteroatoms. The molecule has 2 atom stereocenters. The maximum Gasteiger partial charge on any atom is 0.145 e. The standard InChI is InChI=1S/C53H46N2/c1-4-6-21-41-36-43(53-54-51-30-19-20-31-52(51)55(53)44-25-13-10-14-26-44)33-34-47(41)42-32-35-49-46(38(3)45-27-18-17-22-39(45)5-2)28-15-7-8-16-29-48(50(49)37-42)40-23-11-9-12-24-40/h4-5,9-20,22-37,39,45H,1-3,6-8,21H2/b28-15-,29-16+,49-46-,50-48+. The fourth-order valence-electron chi connectivity index (χ4n) is 8.01. The van der Waals surface area contributed by atoms with Gasteiger partial charge in [0.1, 0.15) is 5.82 Å². The van der Waals surface area contributed by atoms with E-state index in [-0.39, 0.29) is 11.8 Å². The van der Waals surface area contributed by atoms with Gasteiger partial charge in [0, 0.05) is 23.1 Å². The van der Waals surface area contributed by atoms with Crippen molar-refractivity contribution in [2.75, 3.05) is 0 Å². The van der Waals surface area contributed by atoms with Crippen molar-refractivity contribution in [3.05, 3.63) is 229 Å². The van der Waals surface area contributed by atoms with Crippen molar-refractivity contribution < 1.29 is 0 Å². The van der Waals surface area contributed by atoms with Crippen molar-refractivity contribution >= 4 is 22.2 Å². The Balaban J connectivity index is 1.36. The van der Waals surface area contributed by atoms with Crippen LogP contribution in [0.1, 0.15) is 30.4 Å². The van der Waals surface area contributed by atoms with Crippen LogP contribution in [0.4, 0.5) is 0 Å². The molecule has 0 N–H and O–H groups in total. The van der Waals surface area contributed by atoms with Crippen molar-refractivity contribution in [1.82, 2.24) is 9.55 Å². The predicted molar refractivity (Wildman–Crippen MR) is 234 cm³/mol. The van der Waals surface area contributed by atoms with Gasteiger partial charge in [-0.1, -0.05) is 152 Å². The zero-order valence-corrected chi connectivity index (χ0v) is 31.3. The number of hydrogen-bond donors (Lipinski definition) is 0. The lowest BCUT2D eigenvalue weighted by atomic mass is 9.79. The third-order valence-corrected chi connectivity index (χ3v) is 10.8. The molecular formula is C53H46N2. The molecule has 1 aromatic heterocycles. The number of allylic oxidation sites excluding steroid dienone is 11. The van der Waals surface area contributed by atoms with Gasteiger partial charge in [0.2, 0.25) is 0 Å². The highest BCUT2D eigenvalue weighted by Crippen LogP contribution is 2.35. The van der Waals surface area contributed by atoms with Gasteiger partial charge in [0.05, 0.1) is 11.0 Å². The largest absolute Gasteiger partial charge is 0.292 e. The highest BCUT2D eigenvalue weighted by molar-refractivity contribution is 5.85. The number of imidazole rings is 1. The number of hydrogen-bond acceptors (Lipinski definition) is 1. The molecule has 2 aliphatic carbocycles. The van der Waals surface area contributed by atoms with Crippen LogP contribution >= 0.6 is 0 Å². The number of fused-ring (bicyclic) bond motifs is 2. The molecule has 0 fully saturated rings. The van der Waals surface area contributed by atoms with Crippen molar-refractivity contribution in [2.24, 2.45) is 11.8 Å². The molecule has 268 valence electrons. The van der Waals surface area contributed by atoms with E-state index in [4.69, 9.17) is 11.6 Å². The van der Waals surface area contributed by atoms with E-state index >= 15 is 0 Å². The molecule has 55 heavy (non-hydrogen) atoms. The maximum absolute atomic E-state index is 5.19. The first-order chi connectivity index (χ1) is 27.1. The molecule has 2 aliphatic rings. The average Bonchev–Trinajstić information content (AvgIpc) is 3.64. The van der Waals surface area contributed by atoms with Crippen LogP contribution in [-0.2, 0) is 6.42 Å². The second-order valence-electron chi connectivity index (χ2n) is 14.3. The summed E-state index contributed by atoms with van der Waals surface area (Å²) in [5.74, 6) is 1.25. The summed E-state index contributed by atoms with van der Waals surface area (Å²) in [4.78, 5) is 5.19. The van der Waals surface area contributed by atoms with Crippen LogP contribution in [0.5, 0.6) is 0 Å². The van der Waals surface area contributed by atoms with Crippen molar-refractivity contribution in [3.63, 3.8) is 0 Å². The van der Waals surface area contributed by atoms with Gasteiger partial charge in [-0.25, -0.2) is 4.98 Å². The van der Waals surface area contributed by atoms with Gasteiger partial charge in [0.15, 0.2) is 0 Å². The Kier molecular flexibility index (Phi) is 10.5. The van der Waals surface area contributed by atoms with E-state index in [1.807, 2.05) is 12.2 Å². The number of para-hydroxylation sites is 3. The number of rotatable bonds is 10. The van der Waals surface area contributed by atoms with Gasteiger partial charge in [-0.05, 0) is 111 Å². The summed E-state index contributed by atoms with van der Waals surface area (Å²) < 4.78 is 2.28. The third-order valence-electron chi connectivity index (χ3n) is 10.8. The first-order valence-corrected chi connectivity index (χ1v) is 19.4. The van der Waals surface area contributed by atoms with Gasteiger partial charge in [-0.2, -0.15) is 0 Å². The van der Waals surface area contributed by atoms with Crippen LogP contribution in [-0.4, -0.2) is 9.55 Å². The molecule has 0 amide bonds. The molecule has 5 aromatic carbocycles. The molecule has 0 saturated carbocycles. The van der Waals surface area contributed by atoms with Crippen molar-refractivity contribution in [3.8, 4) is 28.2 Å². The number of aromatic nitrogens is 2. The molecule has 8 rings (SSSR count). The first-order valence-electron chi connectivity index (χ1n) is 19.4. The lowest BCUT2D eigenvalue weighted by Crippen LogP contribution is -2.31. The summed E-state index contributed by atoms with van der Waals surface area (Å²) in [6, 6.07) is 43.6. The molecule has 0 aliphatic heterocycles. The molecule has 0 saturated heterocycles. The third kappa shape index (κ3) is 7.24. The predicted octanol–water partition coefficient (Wildman–Crippen LogP) is 11.8. The van der Waals surface area contributed by atoms with E-state index in [9.17, 15) is 0 Å².